The zero-order chi connectivity index (χ0) is 21.7. The van der Waals surface area contributed by atoms with Gasteiger partial charge in [-0.3, -0.25) is 9.10 Å². The summed E-state index contributed by atoms with van der Waals surface area (Å²) >= 11 is 5.90. The Morgan fingerprint density at radius 3 is 2.47 bits per heavy atom. The van der Waals surface area contributed by atoms with Gasteiger partial charge >= 0.3 is 0 Å². The maximum Gasteiger partial charge on any atom is 0.264 e. The molecule has 8 heteroatoms. The van der Waals surface area contributed by atoms with E-state index in [2.05, 4.69) is 11.9 Å². The molecule has 1 N–H and O–H groups in total. The first-order chi connectivity index (χ1) is 14.3. The minimum absolute atomic E-state index is 0.00771. The highest BCUT2D eigenvalue weighted by Gasteiger charge is 2.26. The lowest BCUT2D eigenvalue weighted by atomic mass is 10.2. The lowest BCUT2D eigenvalue weighted by Crippen LogP contribution is -2.31. The molecule has 0 saturated heterocycles. The Morgan fingerprint density at radius 2 is 1.80 bits per heavy atom. The van der Waals surface area contributed by atoms with E-state index in [4.69, 9.17) is 11.6 Å². The minimum Gasteiger partial charge on any atom is -0.322 e. The molecule has 0 bridgehead atoms. The molecule has 1 amide bonds. The molecule has 0 fully saturated rings. The normalized spacial score (nSPS) is 11.0. The first kappa shape index (κ1) is 21.5. The van der Waals surface area contributed by atoms with E-state index in [0.717, 1.165) is 22.5 Å². The Balaban J connectivity index is 1.98. The van der Waals surface area contributed by atoms with Gasteiger partial charge in [-0.2, -0.15) is 0 Å². The molecule has 0 heterocycles. The van der Waals surface area contributed by atoms with E-state index in [-0.39, 0.29) is 11.4 Å². The van der Waals surface area contributed by atoms with Crippen LogP contribution in [0.3, 0.4) is 0 Å². The van der Waals surface area contributed by atoms with Gasteiger partial charge in [0.1, 0.15) is 5.82 Å². The van der Waals surface area contributed by atoms with Crippen LogP contribution in [0.4, 0.5) is 15.8 Å². The molecule has 0 radical (unpaired) electrons. The topological polar surface area (TPSA) is 66.5 Å². The molecule has 0 aliphatic carbocycles. The molecule has 0 saturated carbocycles. The summed E-state index contributed by atoms with van der Waals surface area (Å²) in [5.74, 6) is -1.63. The minimum atomic E-state index is -4.07. The molecular weight excluding hydrogens is 427 g/mol. The zero-order valence-electron chi connectivity index (χ0n) is 15.8. The number of hydrogen-bond acceptors (Lipinski definition) is 3. The van der Waals surface area contributed by atoms with Crippen LogP contribution in [0.5, 0.6) is 0 Å². The van der Waals surface area contributed by atoms with Crippen LogP contribution in [-0.2, 0) is 10.0 Å². The highest BCUT2D eigenvalue weighted by atomic mass is 35.5. The fourth-order valence-electron chi connectivity index (χ4n) is 2.78. The highest BCUT2D eigenvalue weighted by molar-refractivity contribution is 7.92. The number of carbonyl (C=O) groups is 1. The molecule has 3 aromatic rings. The number of rotatable bonds is 7. The number of sulfonamides is 1. The van der Waals surface area contributed by atoms with Crippen LogP contribution in [0, 0.1) is 5.82 Å². The predicted molar refractivity (Wildman–Crippen MR) is 117 cm³/mol. The smallest absolute Gasteiger partial charge is 0.264 e. The number of carbonyl (C=O) groups excluding carboxylic acids is 1. The fraction of sp³-hybridized carbons (Fsp3) is 0.0455. The summed E-state index contributed by atoms with van der Waals surface area (Å²) in [5, 5.41) is 2.91. The first-order valence-electron chi connectivity index (χ1n) is 8.88. The summed E-state index contributed by atoms with van der Waals surface area (Å²) < 4.78 is 41.9. The third-order valence-corrected chi connectivity index (χ3v) is 6.22. The number of halogens is 2. The molecule has 30 heavy (non-hydrogen) atoms. The second kappa shape index (κ2) is 9.11. The first-order valence-corrected chi connectivity index (χ1v) is 10.7. The van der Waals surface area contributed by atoms with Gasteiger partial charge in [0.15, 0.2) is 0 Å². The summed E-state index contributed by atoms with van der Waals surface area (Å²) in [5.41, 5.74) is 0.382. The molecule has 0 spiro atoms. The van der Waals surface area contributed by atoms with E-state index in [1.807, 2.05) is 0 Å². The quantitative estimate of drug-likeness (QED) is 0.515. The zero-order valence-corrected chi connectivity index (χ0v) is 17.3. The van der Waals surface area contributed by atoms with E-state index in [1.54, 1.807) is 48.5 Å². The number of benzene rings is 3. The van der Waals surface area contributed by atoms with Gasteiger partial charge in [-0.05, 0) is 48.5 Å². The average molecular weight is 445 g/mol. The number of amides is 1. The summed E-state index contributed by atoms with van der Waals surface area (Å²) in [4.78, 5) is 12.4. The van der Waals surface area contributed by atoms with E-state index in [9.17, 15) is 17.6 Å². The Morgan fingerprint density at radius 1 is 1.07 bits per heavy atom. The van der Waals surface area contributed by atoms with E-state index >= 15 is 0 Å². The van der Waals surface area contributed by atoms with E-state index < -0.39 is 27.3 Å². The van der Waals surface area contributed by atoms with Crippen LogP contribution >= 0.6 is 11.6 Å². The van der Waals surface area contributed by atoms with Crippen molar-refractivity contribution in [1.82, 2.24) is 0 Å². The average Bonchev–Trinajstić information content (AvgIpc) is 2.72. The number of anilines is 2. The van der Waals surface area contributed by atoms with Gasteiger partial charge in [0.2, 0.25) is 0 Å². The summed E-state index contributed by atoms with van der Waals surface area (Å²) in [6.07, 6.45) is 1.45. The predicted octanol–water partition coefficient (Wildman–Crippen LogP) is 5.11. The Labute approximate surface area is 179 Å². The molecule has 0 aliphatic heterocycles. The van der Waals surface area contributed by atoms with Gasteiger partial charge in [0, 0.05) is 10.7 Å². The maximum atomic E-state index is 14.4. The molecule has 3 aromatic carbocycles. The lowest BCUT2D eigenvalue weighted by Gasteiger charge is -2.23. The van der Waals surface area contributed by atoms with Gasteiger partial charge in [-0.25, -0.2) is 12.8 Å². The van der Waals surface area contributed by atoms with Crippen LogP contribution in [-0.4, -0.2) is 20.9 Å². The standard InChI is InChI=1S/C22H18ClFN2O3S/c1-2-13-26(18-9-4-3-5-10-18)30(28,29)19-11-12-21(24)20(15-19)22(27)25-17-8-6-7-16(23)14-17/h2-12,14-15H,1,13H2,(H,25,27). The van der Waals surface area contributed by atoms with Gasteiger partial charge in [-0.15, -0.1) is 6.58 Å². The van der Waals surface area contributed by atoms with Gasteiger partial charge in [0.25, 0.3) is 15.9 Å². The summed E-state index contributed by atoms with van der Waals surface area (Å²) in [7, 11) is -4.07. The van der Waals surface area contributed by atoms with Crippen molar-refractivity contribution in [2.75, 3.05) is 16.2 Å². The molecule has 0 atom stereocenters. The van der Waals surface area contributed by atoms with Gasteiger partial charge in [-0.1, -0.05) is 41.9 Å². The fourth-order valence-corrected chi connectivity index (χ4v) is 4.44. The monoisotopic (exact) mass is 444 g/mol. The largest absolute Gasteiger partial charge is 0.322 e. The summed E-state index contributed by atoms with van der Waals surface area (Å²) in [6.45, 7) is 3.61. The van der Waals surface area contributed by atoms with E-state index in [0.29, 0.717) is 16.4 Å². The highest BCUT2D eigenvalue weighted by Crippen LogP contribution is 2.25. The van der Waals surface area contributed by atoms with Gasteiger partial charge in [0.05, 0.1) is 22.7 Å². The van der Waals surface area contributed by atoms with Crippen molar-refractivity contribution in [3.05, 3.63) is 102 Å². The van der Waals surface area contributed by atoms with Crippen molar-refractivity contribution >= 4 is 38.9 Å². The van der Waals surface area contributed by atoms with E-state index in [1.165, 1.54) is 12.1 Å². The number of hydrogen-bond donors (Lipinski definition) is 1. The van der Waals surface area contributed by atoms with Crippen molar-refractivity contribution in [3.63, 3.8) is 0 Å². The Kier molecular flexibility index (Phi) is 6.54. The lowest BCUT2D eigenvalue weighted by molar-refractivity contribution is 0.102. The van der Waals surface area contributed by atoms with Crippen LogP contribution in [0.1, 0.15) is 10.4 Å². The Hall–Kier alpha value is -3.16. The molecule has 0 aliphatic rings. The van der Waals surface area contributed by atoms with Crippen LogP contribution in [0.2, 0.25) is 5.02 Å². The third kappa shape index (κ3) is 4.69. The molecular formula is C22H18ClFN2O3S. The third-order valence-electron chi connectivity index (χ3n) is 4.19. The molecule has 0 unspecified atom stereocenters. The molecule has 5 nitrogen and oxygen atoms in total. The molecule has 0 aromatic heterocycles. The Bertz CT molecular complexity index is 1180. The SMILES string of the molecule is C=CCN(c1ccccc1)S(=O)(=O)c1ccc(F)c(C(=O)Nc2cccc(Cl)c2)c1. The number of para-hydroxylation sites is 1. The number of nitrogens with zero attached hydrogens (tertiary/aromatic N) is 1. The second-order valence-corrected chi connectivity index (χ2v) is 8.57. The van der Waals surface area contributed by atoms with Crippen LogP contribution in [0.15, 0.2) is 90.3 Å². The molecule has 154 valence electrons. The van der Waals surface area contributed by atoms with Crippen molar-refractivity contribution in [1.29, 1.82) is 0 Å². The second-order valence-electron chi connectivity index (χ2n) is 6.27. The van der Waals surface area contributed by atoms with Crippen molar-refractivity contribution in [2.24, 2.45) is 0 Å². The van der Waals surface area contributed by atoms with Crippen LogP contribution < -0.4 is 9.62 Å². The maximum absolute atomic E-state index is 14.4. The van der Waals surface area contributed by atoms with Crippen molar-refractivity contribution < 1.29 is 17.6 Å². The number of nitrogens with one attached hydrogen (secondary N) is 1. The van der Waals surface area contributed by atoms with Gasteiger partial charge < -0.3 is 5.32 Å². The van der Waals surface area contributed by atoms with Crippen molar-refractivity contribution in [3.8, 4) is 0 Å². The summed E-state index contributed by atoms with van der Waals surface area (Å²) in [6, 6.07) is 17.9. The van der Waals surface area contributed by atoms with Crippen molar-refractivity contribution in [2.45, 2.75) is 4.90 Å². The molecule has 3 rings (SSSR count). The van der Waals surface area contributed by atoms with Crippen LogP contribution in [0.25, 0.3) is 0 Å².